The third-order valence-corrected chi connectivity index (χ3v) is 9.12. The molecule has 0 aromatic heterocycles. The summed E-state index contributed by atoms with van der Waals surface area (Å²) in [7, 11) is 0. The van der Waals surface area contributed by atoms with E-state index in [1.807, 2.05) is 0 Å². The fourth-order valence-corrected chi connectivity index (χ4v) is 7.40. The van der Waals surface area contributed by atoms with Crippen LogP contribution in [0.5, 0.6) is 0 Å². The molecule has 1 heterocycles. The van der Waals surface area contributed by atoms with Gasteiger partial charge in [0.15, 0.2) is 0 Å². The van der Waals surface area contributed by atoms with Crippen molar-refractivity contribution in [3.8, 4) is 0 Å². The molecule has 4 fully saturated rings. The molecule has 0 radical (unpaired) electrons. The number of rotatable bonds is 6. The zero-order chi connectivity index (χ0) is 23.0. The summed E-state index contributed by atoms with van der Waals surface area (Å²) in [6.07, 6.45) is 8.31. The number of halogens is 2. The molecule has 6 atom stereocenters. The number of aliphatic hydroxyl groups is 2. The third kappa shape index (κ3) is 4.90. The van der Waals surface area contributed by atoms with Crippen LogP contribution in [0.3, 0.4) is 0 Å². The summed E-state index contributed by atoms with van der Waals surface area (Å²) in [6, 6.07) is 0. The van der Waals surface area contributed by atoms with Crippen LogP contribution in [0.25, 0.3) is 0 Å². The van der Waals surface area contributed by atoms with Gasteiger partial charge >= 0.3 is 0 Å². The monoisotopic (exact) mass is 449 g/mol. The maximum atomic E-state index is 12.6. The molecule has 3 nitrogen and oxygen atoms in total. The smallest absolute Gasteiger partial charge is 0.239 e. The Bertz CT molecular complexity index is 741. The summed E-state index contributed by atoms with van der Waals surface area (Å²) < 4.78 is 25.2. The number of hydrogen-bond donors (Lipinski definition) is 2. The molecule has 0 aromatic rings. The van der Waals surface area contributed by atoms with Crippen molar-refractivity contribution in [3.63, 3.8) is 0 Å². The molecule has 0 aromatic carbocycles. The van der Waals surface area contributed by atoms with E-state index in [1.54, 1.807) is 0 Å². The van der Waals surface area contributed by atoms with E-state index < -0.39 is 18.6 Å². The van der Waals surface area contributed by atoms with Gasteiger partial charge in [-0.15, -0.1) is 0 Å². The molecule has 0 bridgehead atoms. The number of aliphatic hydroxyl groups excluding tert-OH is 2. The minimum atomic E-state index is -2.17. The predicted octanol–water partition coefficient (Wildman–Crippen LogP) is 5.35. The van der Waals surface area contributed by atoms with Crippen LogP contribution in [0.4, 0.5) is 8.78 Å². The molecular formula is C27H41F2NO2. The van der Waals surface area contributed by atoms with Crippen LogP contribution in [0.2, 0.25) is 0 Å². The fraction of sp³-hybridized carbons (Fsp3) is 0.778. The first kappa shape index (κ1) is 24.1. The van der Waals surface area contributed by atoms with E-state index in [0.29, 0.717) is 41.6 Å². The van der Waals surface area contributed by atoms with Gasteiger partial charge in [-0.2, -0.15) is 0 Å². The lowest BCUT2D eigenvalue weighted by Crippen LogP contribution is -2.50. The summed E-state index contributed by atoms with van der Waals surface area (Å²) >= 11 is 0. The highest BCUT2D eigenvalue weighted by molar-refractivity contribution is 5.29. The van der Waals surface area contributed by atoms with E-state index in [1.165, 1.54) is 31.3 Å². The van der Waals surface area contributed by atoms with Gasteiger partial charge in [-0.05, 0) is 79.6 Å². The summed E-state index contributed by atoms with van der Waals surface area (Å²) in [4.78, 5) is 2.38. The van der Waals surface area contributed by atoms with Gasteiger partial charge in [-0.1, -0.05) is 43.7 Å². The Balaban J connectivity index is 1.38. The predicted molar refractivity (Wildman–Crippen MR) is 124 cm³/mol. The molecular weight excluding hydrogens is 408 g/mol. The van der Waals surface area contributed by atoms with E-state index in [-0.39, 0.29) is 12.3 Å². The van der Waals surface area contributed by atoms with Crippen LogP contribution in [0, 0.1) is 29.1 Å². The van der Waals surface area contributed by atoms with Crippen molar-refractivity contribution in [1.82, 2.24) is 4.90 Å². The van der Waals surface area contributed by atoms with Crippen molar-refractivity contribution < 1.29 is 19.0 Å². The molecule has 3 aliphatic carbocycles. The maximum absolute atomic E-state index is 12.6. The summed E-state index contributed by atoms with van der Waals surface area (Å²) in [6.45, 7) is 11.4. The van der Waals surface area contributed by atoms with Gasteiger partial charge in [0.2, 0.25) is 6.43 Å². The highest BCUT2D eigenvalue weighted by Gasteiger charge is 2.51. The fourth-order valence-electron chi connectivity index (χ4n) is 7.40. The van der Waals surface area contributed by atoms with Gasteiger partial charge in [-0.25, -0.2) is 8.78 Å². The molecule has 1 unspecified atom stereocenters. The number of nitrogens with zero attached hydrogens (tertiary/aromatic N) is 1. The highest BCUT2D eigenvalue weighted by Crippen LogP contribution is 2.59. The van der Waals surface area contributed by atoms with E-state index in [9.17, 15) is 19.0 Å². The van der Waals surface area contributed by atoms with Crippen LogP contribution in [0.1, 0.15) is 65.2 Å². The molecule has 4 rings (SSSR count). The average Bonchev–Trinajstić information content (AvgIpc) is 3.06. The lowest BCUT2D eigenvalue weighted by atomic mass is 9.61. The Kier molecular flexibility index (Phi) is 7.29. The normalized spacial score (nSPS) is 38.8. The second-order valence-electron chi connectivity index (χ2n) is 11.4. The Morgan fingerprint density at radius 3 is 2.50 bits per heavy atom. The Morgan fingerprint density at radius 2 is 1.84 bits per heavy atom. The molecule has 5 heteroatoms. The Hall–Kier alpha value is -1.04. The highest BCUT2D eigenvalue weighted by atomic mass is 19.3. The van der Waals surface area contributed by atoms with Crippen LogP contribution in [-0.4, -0.2) is 53.4 Å². The molecule has 32 heavy (non-hydrogen) atoms. The van der Waals surface area contributed by atoms with E-state index in [2.05, 4.69) is 37.5 Å². The minimum Gasteiger partial charge on any atom is -0.388 e. The number of hydrogen-bond acceptors (Lipinski definition) is 3. The summed E-state index contributed by atoms with van der Waals surface area (Å²) in [5.74, 6) is 2.06. The van der Waals surface area contributed by atoms with Crippen LogP contribution in [-0.2, 0) is 0 Å². The number of fused-ring (bicyclic) bond motifs is 1. The van der Waals surface area contributed by atoms with E-state index in [4.69, 9.17) is 0 Å². The Morgan fingerprint density at radius 1 is 1.16 bits per heavy atom. The largest absolute Gasteiger partial charge is 0.388 e. The van der Waals surface area contributed by atoms with Crippen molar-refractivity contribution in [3.05, 3.63) is 35.5 Å². The second-order valence-corrected chi connectivity index (χ2v) is 11.4. The number of allylic oxidation sites excluding steroid dienone is 3. The van der Waals surface area contributed by atoms with Crippen molar-refractivity contribution in [2.75, 3.05) is 19.6 Å². The van der Waals surface area contributed by atoms with Crippen LogP contribution in [0.15, 0.2) is 35.5 Å². The van der Waals surface area contributed by atoms with Crippen molar-refractivity contribution >= 4 is 0 Å². The minimum absolute atomic E-state index is 0.0555. The zero-order valence-electron chi connectivity index (χ0n) is 19.8. The molecule has 0 spiro atoms. The SMILES string of the molecule is C=C1[C@H](O)CC(=CC=C2CCC[C@]3(C)[C@@H](C(C)CN4CC(CC(F)F)C4)CC[C@@H]23)C[C@H]1O. The molecule has 0 amide bonds. The lowest BCUT2D eigenvalue weighted by Gasteiger charge is -2.47. The van der Waals surface area contributed by atoms with Gasteiger partial charge in [0.05, 0.1) is 12.2 Å². The topological polar surface area (TPSA) is 43.7 Å². The first-order valence-corrected chi connectivity index (χ1v) is 12.6. The van der Waals surface area contributed by atoms with Gasteiger partial charge in [-0.3, -0.25) is 0 Å². The third-order valence-electron chi connectivity index (χ3n) is 9.12. The molecule has 2 N–H and O–H groups in total. The zero-order valence-corrected chi connectivity index (χ0v) is 19.8. The van der Waals surface area contributed by atoms with Crippen molar-refractivity contribution in [2.24, 2.45) is 29.1 Å². The summed E-state index contributed by atoms with van der Waals surface area (Å²) in [5.41, 5.74) is 3.50. The van der Waals surface area contributed by atoms with Gasteiger partial charge in [0.1, 0.15) is 0 Å². The lowest BCUT2D eigenvalue weighted by molar-refractivity contribution is 0.00986. The van der Waals surface area contributed by atoms with Crippen molar-refractivity contribution in [2.45, 2.75) is 83.8 Å². The average molecular weight is 450 g/mol. The van der Waals surface area contributed by atoms with Gasteiger partial charge in [0, 0.05) is 26.1 Å². The summed E-state index contributed by atoms with van der Waals surface area (Å²) in [5, 5.41) is 20.3. The number of alkyl halides is 2. The molecule has 4 aliphatic rings. The van der Waals surface area contributed by atoms with Crippen LogP contribution < -0.4 is 0 Å². The van der Waals surface area contributed by atoms with Gasteiger partial charge < -0.3 is 15.1 Å². The van der Waals surface area contributed by atoms with Gasteiger partial charge in [0.25, 0.3) is 0 Å². The Labute approximate surface area is 192 Å². The quantitative estimate of drug-likeness (QED) is 0.537. The van der Waals surface area contributed by atoms with E-state index in [0.717, 1.165) is 31.6 Å². The van der Waals surface area contributed by atoms with Crippen LogP contribution >= 0.6 is 0 Å². The first-order chi connectivity index (χ1) is 15.2. The second kappa shape index (κ2) is 9.68. The molecule has 1 aliphatic heterocycles. The number of likely N-dealkylation sites (tertiary alicyclic amines) is 1. The van der Waals surface area contributed by atoms with Crippen molar-refractivity contribution in [1.29, 1.82) is 0 Å². The van der Waals surface area contributed by atoms with E-state index >= 15 is 0 Å². The standard InChI is InChI=1S/C27H41F2NO2/c1-17(14-30-15-20(16-30)13-26(28)29)22-8-9-23-21(5-4-10-27(22,23)3)7-6-19-11-24(31)18(2)25(32)12-19/h6-7,17,20,22-26,31-32H,2,4-5,8-16H2,1,3H3/t17?,22-,23+,24-,25-,27-/m1/s1. The molecule has 180 valence electrons. The maximum Gasteiger partial charge on any atom is 0.239 e. The first-order valence-electron chi connectivity index (χ1n) is 12.6. The molecule has 3 saturated carbocycles. The molecule has 1 saturated heterocycles.